The molecule has 0 aliphatic heterocycles. The first-order valence-electron chi connectivity index (χ1n) is 5.19. The Labute approximate surface area is 96.2 Å². The van der Waals surface area contributed by atoms with Crippen molar-refractivity contribution in [3.8, 4) is 0 Å². The number of hydrogen-bond donors (Lipinski definition) is 1. The van der Waals surface area contributed by atoms with Gasteiger partial charge < -0.3 is 5.32 Å². The molecule has 0 aliphatic carbocycles. The first kappa shape index (κ1) is 12.9. The maximum Gasteiger partial charge on any atom is 0.223 e. The lowest BCUT2D eigenvalue weighted by molar-refractivity contribution is 0.593. The van der Waals surface area contributed by atoms with E-state index in [2.05, 4.69) is 15.3 Å². The number of sulfone groups is 1. The second-order valence-corrected chi connectivity index (χ2v) is 6.16. The SMILES string of the molecule is CCS(=O)(=O)CC(C)Nc1nccc(C)n1. The number of aromatic nitrogens is 2. The molecule has 0 aliphatic rings. The topological polar surface area (TPSA) is 72.0 Å². The Kier molecular flexibility index (Phi) is 4.23. The lowest BCUT2D eigenvalue weighted by Gasteiger charge is -2.13. The van der Waals surface area contributed by atoms with Crippen LogP contribution in [-0.2, 0) is 9.84 Å². The number of nitrogens with zero attached hydrogens (tertiary/aromatic N) is 2. The molecule has 1 rings (SSSR count). The van der Waals surface area contributed by atoms with Crippen molar-refractivity contribution < 1.29 is 8.42 Å². The molecular formula is C10H17N3O2S. The summed E-state index contributed by atoms with van der Waals surface area (Å²) in [6.45, 7) is 5.31. The van der Waals surface area contributed by atoms with E-state index in [0.29, 0.717) is 5.95 Å². The van der Waals surface area contributed by atoms with E-state index in [0.717, 1.165) is 5.69 Å². The third-order valence-electron chi connectivity index (χ3n) is 2.11. The average Bonchev–Trinajstić information content (AvgIpc) is 2.16. The third kappa shape index (κ3) is 4.14. The molecule has 1 atom stereocenters. The van der Waals surface area contributed by atoms with Gasteiger partial charge in [0.2, 0.25) is 5.95 Å². The predicted octanol–water partition coefficient (Wildman–Crippen LogP) is 1.02. The van der Waals surface area contributed by atoms with Crippen LogP contribution in [0.1, 0.15) is 19.5 Å². The predicted molar refractivity (Wildman–Crippen MR) is 64.2 cm³/mol. The van der Waals surface area contributed by atoms with Crippen molar-refractivity contribution >= 4 is 15.8 Å². The van der Waals surface area contributed by atoms with Gasteiger partial charge in [-0.25, -0.2) is 18.4 Å². The second-order valence-electron chi connectivity index (χ2n) is 3.77. The molecule has 1 N–H and O–H groups in total. The zero-order valence-corrected chi connectivity index (χ0v) is 10.6. The van der Waals surface area contributed by atoms with Crippen LogP contribution in [-0.4, -0.2) is 35.9 Å². The number of aryl methyl sites for hydroxylation is 1. The van der Waals surface area contributed by atoms with Gasteiger partial charge in [0.25, 0.3) is 0 Å². The van der Waals surface area contributed by atoms with Crippen LogP contribution in [0.3, 0.4) is 0 Å². The molecule has 0 spiro atoms. The van der Waals surface area contributed by atoms with E-state index in [4.69, 9.17) is 0 Å². The van der Waals surface area contributed by atoms with Crippen LogP contribution in [0.4, 0.5) is 5.95 Å². The van der Waals surface area contributed by atoms with Crippen LogP contribution in [0.5, 0.6) is 0 Å². The first-order valence-corrected chi connectivity index (χ1v) is 7.01. The monoisotopic (exact) mass is 243 g/mol. The van der Waals surface area contributed by atoms with Gasteiger partial charge >= 0.3 is 0 Å². The molecule has 0 radical (unpaired) electrons. The summed E-state index contributed by atoms with van der Waals surface area (Å²) < 4.78 is 22.8. The van der Waals surface area contributed by atoms with Gasteiger partial charge in [-0.2, -0.15) is 0 Å². The van der Waals surface area contributed by atoms with Crippen molar-refractivity contribution in [2.75, 3.05) is 16.8 Å². The Bertz CT molecular complexity index is 445. The van der Waals surface area contributed by atoms with Gasteiger partial charge in [-0.15, -0.1) is 0 Å². The summed E-state index contributed by atoms with van der Waals surface area (Å²) in [6.07, 6.45) is 1.64. The van der Waals surface area contributed by atoms with Crippen molar-refractivity contribution in [2.45, 2.75) is 26.8 Å². The second kappa shape index (κ2) is 5.25. The van der Waals surface area contributed by atoms with Gasteiger partial charge in [0.15, 0.2) is 9.84 Å². The van der Waals surface area contributed by atoms with Crippen LogP contribution < -0.4 is 5.32 Å². The number of rotatable bonds is 5. The van der Waals surface area contributed by atoms with E-state index in [1.165, 1.54) is 0 Å². The fraction of sp³-hybridized carbons (Fsp3) is 0.600. The third-order valence-corrected chi connectivity index (χ3v) is 4.00. The summed E-state index contributed by atoms with van der Waals surface area (Å²) >= 11 is 0. The van der Waals surface area contributed by atoms with Crippen molar-refractivity contribution in [3.05, 3.63) is 18.0 Å². The molecule has 0 amide bonds. The Balaban J connectivity index is 2.62. The molecule has 5 nitrogen and oxygen atoms in total. The van der Waals surface area contributed by atoms with Crippen LogP contribution in [0.2, 0.25) is 0 Å². The minimum Gasteiger partial charge on any atom is -0.351 e. The van der Waals surface area contributed by atoms with Gasteiger partial charge in [0, 0.05) is 23.7 Å². The molecule has 0 saturated heterocycles. The van der Waals surface area contributed by atoms with Crippen molar-refractivity contribution in [3.63, 3.8) is 0 Å². The van der Waals surface area contributed by atoms with Gasteiger partial charge in [0.1, 0.15) is 0 Å². The molecule has 1 aromatic heterocycles. The summed E-state index contributed by atoms with van der Waals surface area (Å²) in [4.78, 5) is 8.17. The van der Waals surface area contributed by atoms with Crippen LogP contribution in [0.15, 0.2) is 12.3 Å². The van der Waals surface area contributed by atoms with Gasteiger partial charge in [-0.05, 0) is 19.9 Å². The molecule has 0 bridgehead atoms. The molecule has 1 unspecified atom stereocenters. The highest BCUT2D eigenvalue weighted by molar-refractivity contribution is 7.91. The minimum absolute atomic E-state index is 0.0980. The molecular weight excluding hydrogens is 226 g/mol. The maximum atomic E-state index is 11.4. The van der Waals surface area contributed by atoms with Gasteiger partial charge in [-0.3, -0.25) is 0 Å². The molecule has 90 valence electrons. The van der Waals surface area contributed by atoms with Crippen molar-refractivity contribution in [2.24, 2.45) is 0 Å². The van der Waals surface area contributed by atoms with Crippen LogP contribution in [0.25, 0.3) is 0 Å². The highest BCUT2D eigenvalue weighted by atomic mass is 32.2. The lowest BCUT2D eigenvalue weighted by Crippen LogP contribution is -2.27. The quantitative estimate of drug-likeness (QED) is 0.836. The van der Waals surface area contributed by atoms with Crippen molar-refractivity contribution in [1.29, 1.82) is 0 Å². The van der Waals surface area contributed by atoms with E-state index in [1.807, 2.05) is 6.92 Å². The van der Waals surface area contributed by atoms with Crippen LogP contribution >= 0.6 is 0 Å². The molecule has 1 heterocycles. The highest BCUT2D eigenvalue weighted by Crippen LogP contribution is 2.03. The molecule has 6 heteroatoms. The van der Waals surface area contributed by atoms with Gasteiger partial charge in [-0.1, -0.05) is 6.92 Å². The zero-order chi connectivity index (χ0) is 12.2. The fourth-order valence-electron chi connectivity index (χ4n) is 1.28. The molecule has 0 aromatic carbocycles. The Morgan fingerprint density at radius 2 is 2.19 bits per heavy atom. The Morgan fingerprint density at radius 1 is 1.50 bits per heavy atom. The average molecular weight is 243 g/mol. The minimum atomic E-state index is -2.97. The molecule has 0 fully saturated rings. The maximum absolute atomic E-state index is 11.4. The standard InChI is InChI=1S/C10H17N3O2S/c1-4-16(14,15)7-9(3)13-10-11-6-5-8(2)12-10/h5-6,9H,4,7H2,1-3H3,(H,11,12,13). The highest BCUT2D eigenvalue weighted by Gasteiger charge is 2.14. The molecule has 16 heavy (non-hydrogen) atoms. The smallest absolute Gasteiger partial charge is 0.223 e. The van der Waals surface area contributed by atoms with E-state index in [9.17, 15) is 8.42 Å². The van der Waals surface area contributed by atoms with E-state index < -0.39 is 9.84 Å². The van der Waals surface area contributed by atoms with Crippen LogP contribution in [0, 0.1) is 6.92 Å². The molecule has 1 aromatic rings. The molecule has 0 saturated carbocycles. The number of nitrogens with one attached hydrogen (secondary N) is 1. The van der Waals surface area contributed by atoms with Crippen molar-refractivity contribution in [1.82, 2.24) is 9.97 Å². The number of anilines is 1. The van der Waals surface area contributed by atoms with E-state index >= 15 is 0 Å². The fourth-order valence-corrected chi connectivity index (χ4v) is 2.36. The summed E-state index contributed by atoms with van der Waals surface area (Å²) in [7, 11) is -2.97. The normalized spacial score (nSPS) is 13.4. The zero-order valence-electron chi connectivity index (χ0n) is 9.77. The Morgan fingerprint density at radius 3 is 2.75 bits per heavy atom. The summed E-state index contributed by atoms with van der Waals surface area (Å²) in [5, 5.41) is 2.97. The first-order chi connectivity index (χ1) is 7.43. The number of hydrogen-bond acceptors (Lipinski definition) is 5. The summed E-state index contributed by atoms with van der Waals surface area (Å²) in [5.74, 6) is 0.730. The van der Waals surface area contributed by atoms with Gasteiger partial charge in [0.05, 0.1) is 5.75 Å². The summed E-state index contributed by atoms with van der Waals surface area (Å²) in [6, 6.07) is 1.60. The largest absolute Gasteiger partial charge is 0.351 e. The lowest BCUT2D eigenvalue weighted by atomic mass is 10.4. The Hall–Kier alpha value is -1.17. The van der Waals surface area contributed by atoms with E-state index in [-0.39, 0.29) is 17.5 Å². The van der Waals surface area contributed by atoms with E-state index in [1.54, 1.807) is 26.1 Å². The summed E-state index contributed by atoms with van der Waals surface area (Å²) in [5.41, 5.74) is 0.850.